The molecule has 0 unspecified atom stereocenters. The first-order valence-electron chi connectivity index (χ1n) is 8.08. The predicted octanol–water partition coefficient (Wildman–Crippen LogP) is 4.84. The van der Waals surface area contributed by atoms with Gasteiger partial charge in [0.2, 0.25) is 0 Å². The highest BCUT2D eigenvalue weighted by molar-refractivity contribution is 5.94. The molecule has 1 aromatic rings. The Morgan fingerprint density at radius 3 is 2.04 bits per heavy atom. The number of benzene rings is 1. The Bertz CT molecular complexity index is 541. The first-order chi connectivity index (χ1) is 10.5. The van der Waals surface area contributed by atoms with Crippen LogP contribution in [-0.2, 0) is 4.74 Å². The third-order valence-electron chi connectivity index (χ3n) is 3.55. The molecule has 1 amide bonds. The van der Waals surface area contributed by atoms with Crippen LogP contribution in [0.25, 0.3) is 0 Å². The quantitative estimate of drug-likeness (QED) is 0.729. The highest BCUT2D eigenvalue weighted by Crippen LogP contribution is 2.28. The maximum absolute atomic E-state index is 12.4. The van der Waals surface area contributed by atoms with E-state index in [0.29, 0.717) is 11.5 Å². The Kier molecular flexibility index (Phi) is 6.37. The summed E-state index contributed by atoms with van der Waals surface area (Å²) in [4.78, 5) is 25.4. The van der Waals surface area contributed by atoms with Crippen molar-refractivity contribution in [2.75, 3.05) is 7.05 Å². The van der Waals surface area contributed by atoms with Gasteiger partial charge in [-0.05, 0) is 45.6 Å². The summed E-state index contributed by atoms with van der Waals surface area (Å²) in [6.45, 7) is 11.4. The average Bonchev–Trinajstić information content (AvgIpc) is 2.42. The fraction of sp³-hybridized carbons (Fsp3) is 0.579. The van der Waals surface area contributed by atoms with Gasteiger partial charge in [0.05, 0.1) is 6.04 Å². The average molecular weight is 319 g/mol. The third-order valence-corrected chi connectivity index (χ3v) is 3.55. The molecule has 0 aliphatic heterocycles. The number of ketones is 1. The topological polar surface area (TPSA) is 46.6 Å². The van der Waals surface area contributed by atoms with Crippen LogP contribution in [0.1, 0.15) is 69.9 Å². The second-order valence-corrected chi connectivity index (χ2v) is 7.41. The van der Waals surface area contributed by atoms with Crippen LogP contribution in [0.15, 0.2) is 24.3 Å². The van der Waals surface area contributed by atoms with Crippen LogP contribution in [-0.4, -0.2) is 29.4 Å². The largest absolute Gasteiger partial charge is 0.444 e. The maximum Gasteiger partial charge on any atom is 0.410 e. The molecule has 0 N–H and O–H groups in total. The Labute approximate surface area is 139 Å². The molecule has 1 aromatic carbocycles. The van der Waals surface area contributed by atoms with Crippen LogP contribution < -0.4 is 0 Å². The van der Waals surface area contributed by atoms with Gasteiger partial charge in [-0.25, -0.2) is 4.79 Å². The second kappa shape index (κ2) is 7.62. The SMILES string of the molecule is CC(=O)c1ccc([C@@H](CC(C)C)N(C)C(=O)OC(C)(C)C)cc1. The first-order valence-corrected chi connectivity index (χ1v) is 8.08. The molecule has 0 heterocycles. The van der Waals surface area contributed by atoms with E-state index >= 15 is 0 Å². The van der Waals surface area contributed by atoms with Gasteiger partial charge in [0.1, 0.15) is 5.60 Å². The molecule has 4 heteroatoms. The molecule has 0 spiro atoms. The summed E-state index contributed by atoms with van der Waals surface area (Å²) >= 11 is 0. The minimum atomic E-state index is -0.522. The van der Waals surface area contributed by atoms with Crippen molar-refractivity contribution >= 4 is 11.9 Å². The van der Waals surface area contributed by atoms with Gasteiger partial charge >= 0.3 is 6.09 Å². The fourth-order valence-electron chi connectivity index (χ4n) is 2.37. The molecule has 0 aliphatic rings. The fourth-order valence-corrected chi connectivity index (χ4v) is 2.37. The van der Waals surface area contributed by atoms with E-state index in [-0.39, 0.29) is 17.9 Å². The van der Waals surface area contributed by atoms with E-state index < -0.39 is 5.60 Å². The number of carbonyl (C=O) groups is 2. The van der Waals surface area contributed by atoms with Gasteiger partial charge in [-0.2, -0.15) is 0 Å². The number of Topliss-reactive ketones (excluding diaryl/α,β-unsaturated/α-hetero) is 1. The lowest BCUT2D eigenvalue weighted by Crippen LogP contribution is -2.37. The maximum atomic E-state index is 12.4. The number of carbonyl (C=O) groups excluding carboxylic acids is 2. The smallest absolute Gasteiger partial charge is 0.410 e. The summed E-state index contributed by atoms with van der Waals surface area (Å²) in [7, 11) is 1.76. The van der Waals surface area contributed by atoms with Gasteiger partial charge in [0.25, 0.3) is 0 Å². The molecule has 0 fully saturated rings. The second-order valence-electron chi connectivity index (χ2n) is 7.41. The lowest BCUT2D eigenvalue weighted by molar-refractivity contribution is 0.0201. The van der Waals surface area contributed by atoms with E-state index in [4.69, 9.17) is 4.74 Å². The van der Waals surface area contributed by atoms with Crippen LogP contribution in [0.2, 0.25) is 0 Å². The van der Waals surface area contributed by atoms with Gasteiger partial charge in [-0.15, -0.1) is 0 Å². The number of nitrogens with zero attached hydrogens (tertiary/aromatic N) is 1. The normalized spacial score (nSPS) is 12.9. The minimum Gasteiger partial charge on any atom is -0.444 e. The molecule has 0 saturated carbocycles. The van der Waals surface area contributed by atoms with E-state index in [1.54, 1.807) is 18.9 Å². The lowest BCUT2D eigenvalue weighted by atomic mass is 9.95. The van der Waals surface area contributed by atoms with E-state index in [1.807, 2.05) is 45.0 Å². The summed E-state index contributed by atoms with van der Waals surface area (Å²) in [6, 6.07) is 7.39. The molecule has 1 rings (SSSR count). The molecule has 128 valence electrons. The Hall–Kier alpha value is -1.84. The molecule has 0 aliphatic carbocycles. The van der Waals surface area contributed by atoms with Crippen LogP contribution in [0.5, 0.6) is 0 Å². The van der Waals surface area contributed by atoms with Crippen molar-refractivity contribution in [3.05, 3.63) is 35.4 Å². The zero-order valence-corrected chi connectivity index (χ0v) is 15.3. The predicted molar refractivity (Wildman–Crippen MR) is 92.6 cm³/mol. The molecule has 0 bridgehead atoms. The Balaban J connectivity index is 3.03. The molecule has 1 atom stereocenters. The number of amides is 1. The van der Waals surface area contributed by atoms with E-state index in [0.717, 1.165) is 12.0 Å². The van der Waals surface area contributed by atoms with Crippen molar-refractivity contribution in [2.24, 2.45) is 5.92 Å². The molecular weight excluding hydrogens is 290 g/mol. The van der Waals surface area contributed by atoms with Crippen molar-refractivity contribution in [1.82, 2.24) is 4.90 Å². The highest BCUT2D eigenvalue weighted by Gasteiger charge is 2.27. The van der Waals surface area contributed by atoms with Gasteiger partial charge in [0.15, 0.2) is 5.78 Å². The summed E-state index contributed by atoms with van der Waals surface area (Å²) in [6.07, 6.45) is 0.494. The van der Waals surface area contributed by atoms with Crippen LogP contribution in [0, 0.1) is 5.92 Å². The van der Waals surface area contributed by atoms with Gasteiger partial charge in [0, 0.05) is 12.6 Å². The third kappa shape index (κ3) is 6.05. The standard InChI is InChI=1S/C19H29NO3/c1-13(2)12-17(20(7)18(22)23-19(4,5)6)16-10-8-15(9-11-16)14(3)21/h8-11,13,17H,12H2,1-7H3/t17-/m1/s1. The summed E-state index contributed by atoms with van der Waals surface area (Å²) in [5.41, 5.74) is 1.17. The Morgan fingerprint density at radius 2 is 1.65 bits per heavy atom. The van der Waals surface area contributed by atoms with E-state index in [1.165, 1.54) is 0 Å². The molecule has 4 nitrogen and oxygen atoms in total. The molecule has 0 saturated heterocycles. The van der Waals surface area contributed by atoms with Crippen LogP contribution in [0.4, 0.5) is 4.79 Å². The summed E-state index contributed by atoms with van der Waals surface area (Å²) in [5.74, 6) is 0.467. The van der Waals surface area contributed by atoms with E-state index in [2.05, 4.69) is 13.8 Å². The zero-order valence-electron chi connectivity index (χ0n) is 15.3. The van der Waals surface area contributed by atoms with Crippen molar-refractivity contribution in [2.45, 2.75) is 59.6 Å². The summed E-state index contributed by atoms with van der Waals surface area (Å²) in [5, 5.41) is 0. The van der Waals surface area contributed by atoms with Gasteiger partial charge in [-0.1, -0.05) is 38.1 Å². The Morgan fingerprint density at radius 1 is 1.13 bits per heavy atom. The van der Waals surface area contributed by atoms with Crippen molar-refractivity contribution in [3.63, 3.8) is 0 Å². The minimum absolute atomic E-state index is 0.0393. The highest BCUT2D eigenvalue weighted by atomic mass is 16.6. The van der Waals surface area contributed by atoms with Gasteiger partial charge < -0.3 is 9.64 Å². The van der Waals surface area contributed by atoms with Gasteiger partial charge in [-0.3, -0.25) is 4.79 Å². The number of ether oxygens (including phenoxy) is 1. The summed E-state index contributed by atoms with van der Waals surface area (Å²) < 4.78 is 5.48. The number of rotatable bonds is 5. The van der Waals surface area contributed by atoms with Crippen LogP contribution >= 0.6 is 0 Å². The lowest BCUT2D eigenvalue weighted by Gasteiger charge is -2.32. The van der Waals surface area contributed by atoms with Crippen molar-refractivity contribution in [1.29, 1.82) is 0 Å². The first kappa shape index (κ1) is 19.2. The van der Waals surface area contributed by atoms with Crippen LogP contribution in [0.3, 0.4) is 0 Å². The molecule has 0 aromatic heterocycles. The molecule has 0 radical (unpaired) electrons. The molecule has 23 heavy (non-hydrogen) atoms. The van der Waals surface area contributed by atoms with Crippen molar-refractivity contribution in [3.8, 4) is 0 Å². The zero-order chi connectivity index (χ0) is 17.8. The molecular formula is C19H29NO3. The number of hydrogen-bond donors (Lipinski definition) is 0. The monoisotopic (exact) mass is 319 g/mol. The van der Waals surface area contributed by atoms with Crippen molar-refractivity contribution < 1.29 is 14.3 Å². The van der Waals surface area contributed by atoms with E-state index in [9.17, 15) is 9.59 Å². The number of hydrogen-bond acceptors (Lipinski definition) is 3.